The van der Waals surface area contributed by atoms with Gasteiger partial charge in [0.15, 0.2) is 0 Å². The average molecular weight is 333 g/mol. The van der Waals surface area contributed by atoms with Gasteiger partial charge in [0.05, 0.1) is 11.3 Å². The Labute approximate surface area is 145 Å². The lowest BCUT2D eigenvalue weighted by atomic mass is 10.0. The monoisotopic (exact) mass is 333 g/mol. The molecule has 6 nitrogen and oxygen atoms in total. The van der Waals surface area contributed by atoms with E-state index >= 15 is 0 Å². The minimum Gasteiger partial charge on any atom is -0.306 e. The standard InChI is InChI=1S/C19H19N5O/c1-13-3-2-4-14(7-13)10-24-6-5-16-17(11-24)22-18(23-19(16)25)15-8-20-12-21-9-15/h2-4,7-9,12H,5-6,10-11H2,1H3,(H,22,23,25). The number of aryl methyl sites for hydroxylation is 1. The zero-order valence-electron chi connectivity index (χ0n) is 14.1. The Morgan fingerprint density at radius 2 is 2.08 bits per heavy atom. The summed E-state index contributed by atoms with van der Waals surface area (Å²) in [6.45, 7) is 4.50. The number of nitrogens with one attached hydrogen (secondary N) is 1. The fourth-order valence-corrected chi connectivity index (χ4v) is 3.26. The van der Waals surface area contributed by atoms with Crippen molar-refractivity contribution in [2.45, 2.75) is 26.4 Å². The van der Waals surface area contributed by atoms with Crippen molar-refractivity contribution in [3.63, 3.8) is 0 Å². The van der Waals surface area contributed by atoms with Crippen molar-refractivity contribution >= 4 is 0 Å². The van der Waals surface area contributed by atoms with Crippen molar-refractivity contribution in [1.29, 1.82) is 0 Å². The van der Waals surface area contributed by atoms with Crippen molar-refractivity contribution in [1.82, 2.24) is 24.8 Å². The van der Waals surface area contributed by atoms with E-state index in [1.165, 1.54) is 17.5 Å². The molecule has 1 aliphatic heterocycles. The second kappa shape index (κ2) is 6.57. The van der Waals surface area contributed by atoms with Crippen LogP contribution in [-0.4, -0.2) is 31.4 Å². The van der Waals surface area contributed by atoms with Gasteiger partial charge in [-0.25, -0.2) is 15.0 Å². The molecule has 0 amide bonds. The molecule has 0 saturated carbocycles. The molecule has 25 heavy (non-hydrogen) atoms. The summed E-state index contributed by atoms with van der Waals surface area (Å²) in [5, 5.41) is 0. The van der Waals surface area contributed by atoms with Crippen LogP contribution in [0.5, 0.6) is 0 Å². The molecule has 2 aromatic heterocycles. The number of aromatic nitrogens is 4. The first-order valence-electron chi connectivity index (χ1n) is 8.34. The molecule has 126 valence electrons. The lowest BCUT2D eigenvalue weighted by Gasteiger charge is -2.27. The minimum absolute atomic E-state index is 0.0564. The van der Waals surface area contributed by atoms with Crippen LogP contribution in [0, 0.1) is 6.92 Å². The maximum Gasteiger partial charge on any atom is 0.254 e. The molecule has 1 aliphatic rings. The van der Waals surface area contributed by atoms with Crippen molar-refractivity contribution in [3.8, 4) is 11.4 Å². The van der Waals surface area contributed by atoms with Gasteiger partial charge in [-0.2, -0.15) is 0 Å². The van der Waals surface area contributed by atoms with Gasteiger partial charge in [0.25, 0.3) is 5.56 Å². The summed E-state index contributed by atoms with van der Waals surface area (Å²) < 4.78 is 0. The largest absolute Gasteiger partial charge is 0.306 e. The fourth-order valence-electron chi connectivity index (χ4n) is 3.26. The third-order valence-electron chi connectivity index (χ3n) is 4.48. The molecule has 0 unspecified atom stereocenters. The SMILES string of the molecule is Cc1cccc(CN2CCc3c(nc(-c4cncnc4)[nH]c3=O)C2)c1. The molecule has 3 aromatic rings. The van der Waals surface area contributed by atoms with Gasteiger partial charge in [-0.3, -0.25) is 9.69 Å². The van der Waals surface area contributed by atoms with E-state index in [2.05, 4.69) is 56.0 Å². The van der Waals surface area contributed by atoms with Crippen LogP contribution in [0.25, 0.3) is 11.4 Å². The van der Waals surface area contributed by atoms with Gasteiger partial charge in [0.2, 0.25) is 0 Å². The number of H-pyrrole nitrogens is 1. The van der Waals surface area contributed by atoms with Gasteiger partial charge in [0.1, 0.15) is 12.2 Å². The highest BCUT2D eigenvalue weighted by Crippen LogP contribution is 2.19. The second-order valence-electron chi connectivity index (χ2n) is 6.42. The molecular formula is C19H19N5O. The van der Waals surface area contributed by atoms with Gasteiger partial charge < -0.3 is 4.98 Å². The Morgan fingerprint density at radius 3 is 2.88 bits per heavy atom. The number of aromatic amines is 1. The van der Waals surface area contributed by atoms with E-state index in [9.17, 15) is 4.79 Å². The molecule has 0 bridgehead atoms. The molecule has 3 heterocycles. The summed E-state index contributed by atoms with van der Waals surface area (Å²) in [5.41, 5.74) is 4.85. The summed E-state index contributed by atoms with van der Waals surface area (Å²) >= 11 is 0. The van der Waals surface area contributed by atoms with Crippen LogP contribution < -0.4 is 5.56 Å². The summed E-state index contributed by atoms with van der Waals surface area (Å²) in [4.78, 5) is 30.3. The van der Waals surface area contributed by atoms with Crippen LogP contribution in [0.1, 0.15) is 22.4 Å². The Bertz CT molecular complexity index is 952. The normalized spacial score (nSPS) is 14.3. The highest BCUT2D eigenvalue weighted by atomic mass is 16.1. The summed E-state index contributed by atoms with van der Waals surface area (Å²) in [5.74, 6) is 0.529. The van der Waals surface area contributed by atoms with E-state index in [1.807, 2.05) is 0 Å². The molecule has 1 aromatic carbocycles. The third-order valence-corrected chi connectivity index (χ3v) is 4.48. The Hall–Kier alpha value is -2.86. The first-order valence-corrected chi connectivity index (χ1v) is 8.34. The van der Waals surface area contributed by atoms with Crippen LogP contribution >= 0.6 is 0 Å². The van der Waals surface area contributed by atoms with Gasteiger partial charge >= 0.3 is 0 Å². The minimum atomic E-state index is -0.0564. The first kappa shape index (κ1) is 15.7. The Kier molecular flexibility index (Phi) is 4.11. The molecule has 6 heteroatoms. The van der Waals surface area contributed by atoms with Gasteiger partial charge in [-0.1, -0.05) is 29.8 Å². The van der Waals surface area contributed by atoms with Gasteiger partial charge in [-0.05, 0) is 18.9 Å². The van der Waals surface area contributed by atoms with Crippen LogP contribution in [0.3, 0.4) is 0 Å². The van der Waals surface area contributed by atoms with Crippen LogP contribution in [0.2, 0.25) is 0 Å². The number of hydrogen-bond acceptors (Lipinski definition) is 5. The number of rotatable bonds is 3. The van der Waals surface area contributed by atoms with Crippen LogP contribution in [0.4, 0.5) is 0 Å². The van der Waals surface area contributed by atoms with E-state index in [1.54, 1.807) is 12.4 Å². The fraction of sp³-hybridized carbons (Fsp3) is 0.263. The molecule has 1 N–H and O–H groups in total. The Morgan fingerprint density at radius 1 is 1.24 bits per heavy atom. The van der Waals surface area contributed by atoms with E-state index in [-0.39, 0.29) is 5.56 Å². The number of hydrogen-bond donors (Lipinski definition) is 1. The summed E-state index contributed by atoms with van der Waals surface area (Å²) in [6.07, 6.45) is 5.49. The van der Waals surface area contributed by atoms with Crippen molar-refractivity contribution < 1.29 is 0 Å². The highest BCUT2D eigenvalue weighted by Gasteiger charge is 2.21. The second-order valence-corrected chi connectivity index (χ2v) is 6.42. The molecule has 4 rings (SSSR count). The molecule has 0 spiro atoms. The Balaban J connectivity index is 1.61. The maximum atomic E-state index is 12.4. The quantitative estimate of drug-likeness (QED) is 0.794. The van der Waals surface area contributed by atoms with Gasteiger partial charge in [0, 0.05) is 37.6 Å². The maximum absolute atomic E-state index is 12.4. The van der Waals surface area contributed by atoms with E-state index in [4.69, 9.17) is 0 Å². The summed E-state index contributed by atoms with van der Waals surface area (Å²) in [6, 6.07) is 8.53. The lowest BCUT2D eigenvalue weighted by Crippen LogP contribution is -2.35. The van der Waals surface area contributed by atoms with Crippen LogP contribution in [0.15, 0.2) is 47.8 Å². The number of benzene rings is 1. The molecule has 0 aliphatic carbocycles. The zero-order chi connectivity index (χ0) is 17.2. The predicted molar refractivity (Wildman–Crippen MR) is 94.9 cm³/mol. The smallest absolute Gasteiger partial charge is 0.254 e. The number of nitrogens with zero attached hydrogens (tertiary/aromatic N) is 4. The molecular weight excluding hydrogens is 314 g/mol. The zero-order valence-corrected chi connectivity index (χ0v) is 14.1. The highest BCUT2D eigenvalue weighted by molar-refractivity contribution is 5.52. The summed E-state index contributed by atoms with van der Waals surface area (Å²) in [7, 11) is 0. The van der Waals surface area contributed by atoms with Crippen molar-refractivity contribution in [3.05, 3.63) is 75.7 Å². The molecule has 0 saturated heterocycles. The topological polar surface area (TPSA) is 74.8 Å². The third kappa shape index (κ3) is 3.34. The van der Waals surface area contributed by atoms with Crippen molar-refractivity contribution in [2.24, 2.45) is 0 Å². The van der Waals surface area contributed by atoms with Crippen molar-refractivity contribution in [2.75, 3.05) is 6.54 Å². The molecule has 0 atom stereocenters. The van der Waals surface area contributed by atoms with E-state index < -0.39 is 0 Å². The van der Waals surface area contributed by atoms with E-state index in [0.717, 1.165) is 36.3 Å². The van der Waals surface area contributed by atoms with Crippen LogP contribution in [-0.2, 0) is 19.5 Å². The van der Waals surface area contributed by atoms with Gasteiger partial charge in [-0.15, -0.1) is 0 Å². The lowest BCUT2D eigenvalue weighted by molar-refractivity contribution is 0.240. The first-order chi connectivity index (χ1) is 12.2. The molecule has 0 radical (unpaired) electrons. The predicted octanol–water partition coefficient (Wildman–Crippen LogP) is 2.09. The van der Waals surface area contributed by atoms with E-state index in [0.29, 0.717) is 12.4 Å². The number of fused-ring (bicyclic) bond motifs is 1. The molecule has 0 fully saturated rings. The average Bonchev–Trinajstić information content (AvgIpc) is 2.62.